The Balaban J connectivity index is 1.88. The smallest absolute Gasteiger partial charge is 0.409 e. The fourth-order valence-electron chi connectivity index (χ4n) is 2.22. The lowest BCUT2D eigenvalue weighted by atomic mass is 10.1. The van der Waals surface area contributed by atoms with E-state index >= 15 is 0 Å². The number of amides is 1. The number of rotatable bonds is 3. The van der Waals surface area contributed by atoms with Crippen LogP contribution in [0.25, 0.3) is 0 Å². The molecule has 0 saturated carbocycles. The minimum atomic E-state index is -0.358. The third kappa shape index (κ3) is 3.60. The standard InChI is InChI=1S/C14H19FN2O3/c1-2-20-14(19)17-7-5-16(6-8-17)10-11-9-12(15)3-4-13(11)18/h3-4,9,18H,2,5-8,10H2,1H3. The first kappa shape index (κ1) is 14.6. The molecule has 1 amide bonds. The summed E-state index contributed by atoms with van der Waals surface area (Å²) in [4.78, 5) is 15.3. The van der Waals surface area contributed by atoms with E-state index in [-0.39, 0.29) is 17.7 Å². The molecule has 110 valence electrons. The van der Waals surface area contributed by atoms with E-state index in [1.54, 1.807) is 11.8 Å². The molecule has 1 heterocycles. The van der Waals surface area contributed by atoms with Gasteiger partial charge in [0.25, 0.3) is 0 Å². The Morgan fingerprint density at radius 3 is 2.70 bits per heavy atom. The molecule has 1 saturated heterocycles. The Morgan fingerprint density at radius 1 is 1.35 bits per heavy atom. The fraction of sp³-hybridized carbons (Fsp3) is 0.500. The zero-order chi connectivity index (χ0) is 14.5. The van der Waals surface area contributed by atoms with E-state index < -0.39 is 0 Å². The number of benzene rings is 1. The van der Waals surface area contributed by atoms with Crippen LogP contribution in [0.4, 0.5) is 9.18 Å². The van der Waals surface area contributed by atoms with Gasteiger partial charge in [-0.15, -0.1) is 0 Å². The lowest BCUT2D eigenvalue weighted by molar-refractivity contribution is 0.0776. The third-order valence-electron chi connectivity index (χ3n) is 3.33. The van der Waals surface area contributed by atoms with Crippen molar-refractivity contribution in [3.63, 3.8) is 0 Å². The molecule has 5 nitrogen and oxygen atoms in total. The molecule has 20 heavy (non-hydrogen) atoms. The summed E-state index contributed by atoms with van der Waals surface area (Å²) < 4.78 is 18.1. The molecule has 0 unspecified atom stereocenters. The van der Waals surface area contributed by atoms with Gasteiger partial charge in [0.15, 0.2) is 0 Å². The highest BCUT2D eigenvalue weighted by molar-refractivity contribution is 5.67. The lowest BCUT2D eigenvalue weighted by Crippen LogP contribution is -2.48. The van der Waals surface area contributed by atoms with Crippen molar-refractivity contribution < 1.29 is 19.0 Å². The maximum absolute atomic E-state index is 13.2. The molecule has 6 heteroatoms. The largest absolute Gasteiger partial charge is 0.508 e. The summed E-state index contributed by atoms with van der Waals surface area (Å²) in [5, 5.41) is 9.70. The molecule has 0 atom stereocenters. The van der Waals surface area contributed by atoms with Crippen LogP contribution in [0.1, 0.15) is 12.5 Å². The molecule has 0 radical (unpaired) electrons. The summed E-state index contributed by atoms with van der Waals surface area (Å²) in [5.74, 6) is -0.262. The van der Waals surface area contributed by atoms with Crippen molar-refractivity contribution in [3.05, 3.63) is 29.6 Å². The van der Waals surface area contributed by atoms with Crippen molar-refractivity contribution in [1.82, 2.24) is 9.80 Å². The lowest BCUT2D eigenvalue weighted by Gasteiger charge is -2.34. The molecular weight excluding hydrogens is 263 g/mol. The molecule has 0 aliphatic carbocycles. The maximum Gasteiger partial charge on any atom is 0.409 e. The maximum atomic E-state index is 13.2. The first-order chi connectivity index (χ1) is 9.60. The first-order valence-electron chi connectivity index (χ1n) is 6.71. The summed E-state index contributed by atoms with van der Waals surface area (Å²) in [6, 6.07) is 3.93. The number of phenolic OH excluding ortho intramolecular Hbond substituents is 1. The van der Waals surface area contributed by atoms with Gasteiger partial charge in [0, 0.05) is 38.3 Å². The number of phenols is 1. The normalized spacial score (nSPS) is 16.2. The highest BCUT2D eigenvalue weighted by Crippen LogP contribution is 2.20. The van der Waals surface area contributed by atoms with Gasteiger partial charge in [-0.1, -0.05) is 0 Å². The number of carbonyl (C=O) groups excluding carboxylic acids is 1. The van der Waals surface area contributed by atoms with Crippen LogP contribution >= 0.6 is 0 Å². The average Bonchev–Trinajstić information content (AvgIpc) is 2.44. The second kappa shape index (κ2) is 6.56. The molecule has 2 rings (SSSR count). The monoisotopic (exact) mass is 282 g/mol. The zero-order valence-electron chi connectivity index (χ0n) is 11.5. The highest BCUT2D eigenvalue weighted by atomic mass is 19.1. The topological polar surface area (TPSA) is 53.0 Å². The molecule has 1 aliphatic rings. The molecule has 1 N–H and O–H groups in total. The van der Waals surface area contributed by atoms with Gasteiger partial charge >= 0.3 is 6.09 Å². The van der Waals surface area contributed by atoms with Crippen LogP contribution in [0, 0.1) is 5.82 Å². The van der Waals surface area contributed by atoms with E-state index in [0.717, 1.165) is 0 Å². The van der Waals surface area contributed by atoms with E-state index in [1.165, 1.54) is 18.2 Å². The van der Waals surface area contributed by atoms with Gasteiger partial charge in [-0.25, -0.2) is 9.18 Å². The SMILES string of the molecule is CCOC(=O)N1CCN(Cc2cc(F)ccc2O)CC1. The number of hydrogen-bond donors (Lipinski definition) is 1. The quantitative estimate of drug-likeness (QED) is 0.918. The molecular formula is C14H19FN2O3. The second-order valence-electron chi connectivity index (χ2n) is 4.74. The number of aromatic hydroxyl groups is 1. The summed E-state index contributed by atoms with van der Waals surface area (Å²) in [7, 11) is 0. The predicted molar refractivity (Wildman–Crippen MR) is 71.9 cm³/mol. The van der Waals surface area contributed by atoms with Gasteiger partial charge in [0.05, 0.1) is 6.61 Å². The summed E-state index contributed by atoms with van der Waals surface area (Å²) >= 11 is 0. The number of carbonyl (C=O) groups is 1. The van der Waals surface area contributed by atoms with Crippen molar-refractivity contribution in [1.29, 1.82) is 0 Å². The molecule has 1 aromatic rings. The predicted octanol–water partition coefficient (Wildman–Crippen LogP) is 1.81. The van der Waals surface area contributed by atoms with Gasteiger partial charge in [0.1, 0.15) is 11.6 Å². The van der Waals surface area contributed by atoms with E-state index in [0.29, 0.717) is 44.9 Å². The molecule has 1 aliphatic heterocycles. The van der Waals surface area contributed by atoms with Crippen LogP contribution in [0.15, 0.2) is 18.2 Å². The van der Waals surface area contributed by atoms with E-state index in [9.17, 15) is 14.3 Å². The molecule has 0 aromatic heterocycles. The molecule has 0 bridgehead atoms. The summed E-state index contributed by atoms with van der Waals surface area (Å²) in [6.07, 6.45) is -0.291. The molecule has 1 fully saturated rings. The van der Waals surface area contributed by atoms with Gasteiger partial charge < -0.3 is 14.7 Å². The van der Waals surface area contributed by atoms with Crippen LogP contribution in [-0.2, 0) is 11.3 Å². The van der Waals surface area contributed by atoms with Crippen molar-refractivity contribution in [2.45, 2.75) is 13.5 Å². The minimum absolute atomic E-state index is 0.0965. The summed E-state index contributed by atoms with van der Waals surface area (Å²) in [5.41, 5.74) is 0.564. The number of hydrogen-bond acceptors (Lipinski definition) is 4. The van der Waals surface area contributed by atoms with Crippen molar-refractivity contribution >= 4 is 6.09 Å². The number of piperazine rings is 1. The Labute approximate surface area is 117 Å². The number of halogens is 1. The van der Waals surface area contributed by atoms with Crippen molar-refractivity contribution in [2.24, 2.45) is 0 Å². The Kier molecular flexibility index (Phi) is 4.79. The van der Waals surface area contributed by atoms with Crippen LogP contribution in [0.2, 0.25) is 0 Å². The van der Waals surface area contributed by atoms with Gasteiger partial charge in [-0.2, -0.15) is 0 Å². The second-order valence-corrected chi connectivity index (χ2v) is 4.74. The third-order valence-corrected chi connectivity index (χ3v) is 3.33. The van der Waals surface area contributed by atoms with E-state index in [2.05, 4.69) is 4.90 Å². The van der Waals surface area contributed by atoms with E-state index in [4.69, 9.17) is 4.74 Å². The molecule has 0 spiro atoms. The Hall–Kier alpha value is -1.82. The van der Waals surface area contributed by atoms with Crippen molar-refractivity contribution in [3.8, 4) is 5.75 Å². The van der Waals surface area contributed by atoms with E-state index in [1.807, 2.05) is 0 Å². The minimum Gasteiger partial charge on any atom is -0.508 e. The number of nitrogens with zero attached hydrogens (tertiary/aromatic N) is 2. The molecule has 1 aromatic carbocycles. The summed E-state index contributed by atoms with van der Waals surface area (Å²) in [6.45, 7) is 5.13. The average molecular weight is 282 g/mol. The van der Waals surface area contributed by atoms with Crippen molar-refractivity contribution in [2.75, 3.05) is 32.8 Å². The van der Waals surface area contributed by atoms with Gasteiger partial charge in [-0.3, -0.25) is 4.90 Å². The van der Waals surface area contributed by atoms with Crippen LogP contribution < -0.4 is 0 Å². The van der Waals surface area contributed by atoms with Gasteiger partial charge in [0.2, 0.25) is 0 Å². The van der Waals surface area contributed by atoms with Gasteiger partial charge in [-0.05, 0) is 25.1 Å². The Bertz CT molecular complexity index is 473. The van der Waals surface area contributed by atoms with Crippen LogP contribution in [0.5, 0.6) is 5.75 Å². The zero-order valence-corrected chi connectivity index (χ0v) is 11.5. The van der Waals surface area contributed by atoms with Crippen LogP contribution in [0.3, 0.4) is 0 Å². The van der Waals surface area contributed by atoms with Crippen LogP contribution in [-0.4, -0.2) is 53.8 Å². The first-order valence-corrected chi connectivity index (χ1v) is 6.71. The fourth-order valence-corrected chi connectivity index (χ4v) is 2.22. The number of ether oxygens (including phenoxy) is 1. The Morgan fingerprint density at radius 2 is 2.05 bits per heavy atom. The highest BCUT2D eigenvalue weighted by Gasteiger charge is 2.22.